The molecular formula is C19H25N2O6P. The van der Waals surface area contributed by atoms with E-state index in [0.29, 0.717) is 12.2 Å². The number of hydrogen-bond donors (Lipinski definition) is 1. The maximum Gasteiger partial charge on any atom is 0.330 e. The molecule has 2 aromatic rings. The number of aryl methyl sites for hydroxylation is 1. The summed E-state index contributed by atoms with van der Waals surface area (Å²) in [6.45, 7) is 5.61. The van der Waals surface area contributed by atoms with Gasteiger partial charge in [0.05, 0.1) is 25.5 Å². The summed E-state index contributed by atoms with van der Waals surface area (Å²) in [7, 11) is -3.22. The topological polar surface area (TPSA) is 99.6 Å². The average molecular weight is 408 g/mol. The third kappa shape index (κ3) is 4.70. The number of aromatic nitrogens is 2. The van der Waals surface area contributed by atoms with Crippen molar-refractivity contribution < 1.29 is 18.6 Å². The molecule has 8 nitrogen and oxygen atoms in total. The smallest absolute Gasteiger partial charge is 0.330 e. The van der Waals surface area contributed by atoms with Crippen LogP contribution in [0.5, 0.6) is 0 Å². The minimum Gasteiger partial charge on any atom is -0.373 e. The summed E-state index contributed by atoms with van der Waals surface area (Å²) >= 11 is 0. The predicted molar refractivity (Wildman–Crippen MR) is 105 cm³/mol. The molecule has 0 amide bonds. The van der Waals surface area contributed by atoms with E-state index in [4.69, 9.17) is 14.0 Å². The van der Waals surface area contributed by atoms with Crippen molar-refractivity contribution in [2.45, 2.75) is 45.6 Å². The summed E-state index contributed by atoms with van der Waals surface area (Å²) < 4.78 is 32.0. The lowest BCUT2D eigenvalue weighted by atomic mass is 10.2. The Bertz CT molecular complexity index is 968. The van der Waals surface area contributed by atoms with E-state index in [0.717, 1.165) is 5.56 Å². The number of benzene rings is 1. The first-order valence-electron chi connectivity index (χ1n) is 9.15. The maximum absolute atomic E-state index is 13.4. The van der Waals surface area contributed by atoms with Crippen molar-refractivity contribution in [1.82, 2.24) is 9.55 Å². The molecule has 9 heteroatoms. The Morgan fingerprint density at radius 1 is 1.29 bits per heavy atom. The van der Waals surface area contributed by atoms with E-state index in [9.17, 15) is 14.2 Å². The third-order valence-corrected chi connectivity index (χ3v) is 7.13. The molecule has 1 fully saturated rings. The number of nitrogens with zero attached hydrogens (tertiary/aromatic N) is 1. The lowest BCUT2D eigenvalue weighted by Crippen LogP contribution is -2.34. The number of nitrogens with one attached hydrogen (secondary N) is 1. The number of hydrogen-bond acceptors (Lipinski definition) is 6. The zero-order chi connectivity index (χ0) is 20.3. The summed E-state index contributed by atoms with van der Waals surface area (Å²) in [6, 6.07) is 9.62. The molecule has 1 unspecified atom stereocenters. The molecule has 3 atom stereocenters. The van der Waals surface area contributed by atoms with E-state index >= 15 is 0 Å². The second kappa shape index (κ2) is 8.57. The molecule has 0 bridgehead atoms. The Morgan fingerprint density at radius 2 is 2.00 bits per heavy atom. The van der Waals surface area contributed by atoms with Gasteiger partial charge in [0.15, 0.2) is 5.85 Å². The van der Waals surface area contributed by atoms with Crippen molar-refractivity contribution in [3.63, 3.8) is 0 Å². The van der Waals surface area contributed by atoms with E-state index in [-0.39, 0.29) is 18.9 Å². The molecule has 1 aromatic heterocycles. The fraction of sp³-hybridized carbons (Fsp3) is 0.474. The molecule has 1 aromatic carbocycles. The highest BCUT2D eigenvalue weighted by Gasteiger charge is 2.47. The summed E-state index contributed by atoms with van der Waals surface area (Å²) in [5.74, 6) is -0.789. The largest absolute Gasteiger partial charge is 0.373 e. The highest BCUT2D eigenvalue weighted by atomic mass is 31.2. The van der Waals surface area contributed by atoms with Crippen LogP contribution in [0.2, 0.25) is 0 Å². The van der Waals surface area contributed by atoms with Crippen LogP contribution in [0.4, 0.5) is 0 Å². The van der Waals surface area contributed by atoms with Gasteiger partial charge in [0.2, 0.25) is 7.37 Å². The minimum absolute atomic E-state index is 0.0376. The molecule has 2 heterocycles. The van der Waals surface area contributed by atoms with Crippen molar-refractivity contribution in [3.05, 3.63) is 68.5 Å². The van der Waals surface area contributed by atoms with Gasteiger partial charge >= 0.3 is 5.69 Å². The number of rotatable bonds is 7. The molecule has 0 spiro atoms. The third-order valence-electron chi connectivity index (χ3n) is 4.38. The Labute approximate surface area is 162 Å². The van der Waals surface area contributed by atoms with E-state index in [2.05, 4.69) is 4.98 Å². The highest BCUT2D eigenvalue weighted by molar-refractivity contribution is 7.59. The molecule has 0 aliphatic carbocycles. The molecule has 3 rings (SSSR count). The molecule has 1 saturated heterocycles. The lowest BCUT2D eigenvalue weighted by Gasteiger charge is -2.21. The molecule has 152 valence electrons. The van der Waals surface area contributed by atoms with Crippen molar-refractivity contribution in [2.75, 3.05) is 12.8 Å². The number of aromatic amines is 1. The van der Waals surface area contributed by atoms with Crippen molar-refractivity contribution in [3.8, 4) is 0 Å². The van der Waals surface area contributed by atoms with E-state index < -0.39 is 30.7 Å². The van der Waals surface area contributed by atoms with Crippen LogP contribution in [-0.4, -0.2) is 34.3 Å². The minimum atomic E-state index is -3.22. The summed E-state index contributed by atoms with van der Waals surface area (Å²) in [4.78, 5) is 26.0. The molecule has 1 aliphatic rings. The van der Waals surface area contributed by atoms with Gasteiger partial charge in [-0.05, 0) is 26.3 Å². The SMILES string of the molecule is Cc1cn([C@@H]2CP(=O)(OC(C)C)[C@@H](COCc3ccccc3)O2)c(=O)[nH]c1=O. The fourth-order valence-electron chi connectivity index (χ4n) is 3.08. The van der Waals surface area contributed by atoms with Crippen LogP contribution in [-0.2, 0) is 25.2 Å². The van der Waals surface area contributed by atoms with E-state index in [1.807, 2.05) is 30.3 Å². The van der Waals surface area contributed by atoms with Crippen molar-refractivity contribution in [2.24, 2.45) is 0 Å². The van der Waals surface area contributed by atoms with Crippen LogP contribution in [0.25, 0.3) is 0 Å². The molecule has 28 heavy (non-hydrogen) atoms. The zero-order valence-corrected chi connectivity index (χ0v) is 17.1. The van der Waals surface area contributed by atoms with Gasteiger partial charge in [-0.2, -0.15) is 0 Å². The van der Waals surface area contributed by atoms with Crippen molar-refractivity contribution >= 4 is 7.37 Å². The predicted octanol–water partition coefficient (Wildman–Crippen LogP) is 2.62. The van der Waals surface area contributed by atoms with Crippen LogP contribution in [0, 0.1) is 6.92 Å². The standard InChI is InChI=1S/C19H25N2O6P/c1-13(2)27-28(24)12-16(21-9-14(3)18(22)20-19(21)23)26-17(28)11-25-10-15-7-5-4-6-8-15/h4-9,13,16-17H,10-12H2,1-3H3,(H,20,22,23)/t16-,17-,28?/m0/s1. The van der Waals surface area contributed by atoms with Gasteiger partial charge < -0.3 is 14.0 Å². The molecule has 1 aliphatic heterocycles. The number of H-pyrrole nitrogens is 1. The average Bonchev–Trinajstić information content (AvgIpc) is 2.94. The second-order valence-corrected chi connectivity index (χ2v) is 9.69. The molecule has 0 saturated carbocycles. The van der Waals surface area contributed by atoms with Gasteiger partial charge in [-0.15, -0.1) is 0 Å². The van der Waals surface area contributed by atoms with E-state index in [1.165, 1.54) is 10.8 Å². The zero-order valence-electron chi connectivity index (χ0n) is 16.2. The monoisotopic (exact) mass is 408 g/mol. The number of ether oxygens (including phenoxy) is 2. The van der Waals surface area contributed by atoms with Gasteiger partial charge in [-0.25, -0.2) is 4.79 Å². The highest BCUT2D eigenvalue weighted by Crippen LogP contribution is 2.61. The normalized spacial score (nSPS) is 24.7. The van der Waals surface area contributed by atoms with Crippen LogP contribution < -0.4 is 11.2 Å². The van der Waals surface area contributed by atoms with E-state index in [1.54, 1.807) is 20.8 Å². The summed E-state index contributed by atoms with van der Waals surface area (Å²) in [6.07, 6.45) is 0.395. The Hall–Kier alpha value is -1.99. The maximum atomic E-state index is 13.4. The Balaban J connectivity index is 1.78. The van der Waals surface area contributed by atoms with Gasteiger partial charge in [-0.1, -0.05) is 30.3 Å². The van der Waals surface area contributed by atoms with Gasteiger partial charge in [0.1, 0.15) is 6.23 Å². The first-order chi connectivity index (χ1) is 13.3. The fourth-order valence-corrected chi connectivity index (χ4v) is 5.60. The van der Waals surface area contributed by atoms with Crippen LogP contribution in [0.1, 0.15) is 31.2 Å². The van der Waals surface area contributed by atoms with Gasteiger partial charge in [0.25, 0.3) is 5.56 Å². The second-order valence-electron chi connectivity index (χ2n) is 7.09. The van der Waals surface area contributed by atoms with Crippen LogP contribution >= 0.6 is 7.37 Å². The van der Waals surface area contributed by atoms with Gasteiger partial charge in [0, 0.05) is 11.8 Å². The van der Waals surface area contributed by atoms with Crippen LogP contribution in [0.15, 0.2) is 46.1 Å². The lowest BCUT2D eigenvalue weighted by molar-refractivity contribution is -0.0326. The molecule has 1 N–H and O–H groups in total. The summed E-state index contributed by atoms with van der Waals surface area (Å²) in [5.41, 5.74) is 0.293. The first kappa shape index (κ1) is 20.7. The van der Waals surface area contributed by atoms with Crippen LogP contribution in [0.3, 0.4) is 0 Å². The molecule has 0 radical (unpaired) electrons. The Kier molecular flexibility index (Phi) is 6.35. The Morgan fingerprint density at radius 3 is 2.68 bits per heavy atom. The molecular weight excluding hydrogens is 383 g/mol. The quantitative estimate of drug-likeness (QED) is 0.707. The summed E-state index contributed by atoms with van der Waals surface area (Å²) in [5, 5.41) is 0. The van der Waals surface area contributed by atoms with Crippen molar-refractivity contribution in [1.29, 1.82) is 0 Å². The van der Waals surface area contributed by atoms with Gasteiger partial charge in [-0.3, -0.25) is 18.9 Å². The first-order valence-corrected chi connectivity index (χ1v) is 11.0.